The zero-order valence-corrected chi connectivity index (χ0v) is 10.1. The first-order chi connectivity index (χ1) is 8.99. The van der Waals surface area contributed by atoms with Gasteiger partial charge in [-0.15, -0.1) is 0 Å². The molecule has 100 valence electrons. The van der Waals surface area contributed by atoms with Gasteiger partial charge < -0.3 is 9.47 Å². The highest BCUT2D eigenvalue weighted by Gasteiger charge is 2.30. The summed E-state index contributed by atoms with van der Waals surface area (Å²) in [7, 11) is 0. The summed E-state index contributed by atoms with van der Waals surface area (Å²) >= 11 is 0. The number of ether oxygens (including phenoxy) is 2. The molecule has 1 aliphatic heterocycles. The Bertz CT molecular complexity index is 553. The van der Waals surface area contributed by atoms with Crippen LogP contribution in [0.5, 0.6) is 0 Å². The summed E-state index contributed by atoms with van der Waals surface area (Å²) < 4.78 is 9.61. The topological polar surface area (TPSA) is 95.7 Å². The predicted molar refractivity (Wildman–Crippen MR) is 62.6 cm³/mol. The van der Waals surface area contributed by atoms with Crippen molar-refractivity contribution in [3.05, 3.63) is 39.4 Å². The van der Waals surface area contributed by atoms with Gasteiger partial charge in [-0.05, 0) is 13.0 Å². The van der Waals surface area contributed by atoms with Gasteiger partial charge in [0, 0.05) is 18.1 Å². The Morgan fingerprint density at radius 2 is 2.26 bits per heavy atom. The van der Waals surface area contributed by atoms with E-state index in [4.69, 9.17) is 4.74 Å². The molecule has 19 heavy (non-hydrogen) atoms. The minimum absolute atomic E-state index is 0.0389. The monoisotopic (exact) mass is 265 g/mol. The number of aryl methyl sites for hydroxylation is 1. The average molecular weight is 265 g/mol. The lowest BCUT2D eigenvalue weighted by Crippen LogP contribution is -2.22. The Kier molecular flexibility index (Phi) is 3.46. The smallest absolute Gasteiger partial charge is 0.347 e. The summed E-state index contributed by atoms with van der Waals surface area (Å²) in [6.45, 7) is 1.78. The number of nitro groups is 1. The van der Waals surface area contributed by atoms with E-state index in [1.54, 1.807) is 6.92 Å². The van der Waals surface area contributed by atoms with E-state index in [-0.39, 0.29) is 17.9 Å². The van der Waals surface area contributed by atoms with Crippen molar-refractivity contribution in [3.63, 3.8) is 0 Å². The molecular formula is C12H11NO6. The molecule has 0 N–H and O–H groups in total. The van der Waals surface area contributed by atoms with E-state index < -0.39 is 23.0 Å². The molecule has 0 bridgehead atoms. The van der Waals surface area contributed by atoms with E-state index >= 15 is 0 Å². The molecule has 1 fully saturated rings. The molecule has 1 saturated heterocycles. The van der Waals surface area contributed by atoms with Crippen molar-refractivity contribution in [3.8, 4) is 0 Å². The number of carbonyl (C=O) groups is 2. The van der Waals surface area contributed by atoms with Crippen molar-refractivity contribution < 1.29 is 24.0 Å². The second kappa shape index (κ2) is 5.05. The quantitative estimate of drug-likeness (QED) is 0.465. The van der Waals surface area contributed by atoms with Crippen molar-refractivity contribution in [2.75, 3.05) is 6.61 Å². The van der Waals surface area contributed by atoms with E-state index in [0.29, 0.717) is 12.0 Å². The van der Waals surface area contributed by atoms with Gasteiger partial charge in [-0.25, -0.2) is 9.59 Å². The summed E-state index contributed by atoms with van der Waals surface area (Å²) in [4.78, 5) is 33.1. The van der Waals surface area contributed by atoms with Crippen molar-refractivity contribution >= 4 is 17.6 Å². The molecular weight excluding hydrogens is 254 g/mol. The van der Waals surface area contributed by atoms with E-state index in [9.17, 15) is 19.7 Å². The fourth-order valence-electron chi connectivity index (χ4n) is 1.71. The van der Waals surface area contributed by atoms with Crippen LogP contribution in [0.15, 0.2) is 18.2 Å². The number of rotatable bonds is 3. The highest BCUT2D eigenvalue weighted by Crippen LogP contribution is 2.21. The highest BCUT2D eigenvalue weighted by molar-refractivity contribution is 5.92. The number of carbonyl (C=O) groups excluding carboxylic acids is 2. The fraction of sp³-hybridized carbons (Fsp3) is 0.333. The van der Waals surface area contributed by atoms with E-state index in [1.165, 1.54) is 12.1 Å². The Labute approximate surface area is 108 Å². The maximum Gasteiger partial charge on any atom is 0.347 e. The Morgan fingerprint density at radius 3 is 2.84 bits per heavy atom. The first-order valence-corrected chi connectivity index (χ1v) is 5.61. The Balaban J connectivity index is 2.17. The lowest BCUT2D eigenvalue weighted by molar-refractivity contribution is -0.385. The lowest BCUT2D eigenvalue weighted by atomic mass is 10.1. The maximum absolute atomic E-state index is 11.8. The fourth-order valence-corrected chi connectivity index (χ4v) is 1.71. The third-order valence-electron chi connectivity index (χ3n) is 2.78. The van der Waals surface area contributed by atoms with Gasteiger partial charge in [-0.1, -0.05) is 6.07 Å². The summed E-state index contributed by atoms with van der Waals surface area (Å²) in [6, 6.07) is 4.02. The molecule has 0 aliphatic carbocycles. The number of hydrogen-bond donors (Lipinski definition) is 0. The van der Waals surface area contributed by atoms with Crippen LogP contribution in [-0.2, 0) is 14.3 Å². The number of esters is 2. The molecule has 1 atom stereocenters. The molecule has 7 heteroatoms. The number of nitro benzene ring substituents is 1. The van der Waals surface area contributed by atoms with E-state index in [1.807, 2.05) is 0 Å². The van der Waals surface area contributed by atoms with Crippen LogP contribution < -0.4 is 0 Å². The van der Waals surface area contributed by atoms with Gasteiger partial charge in [0.1, 0.15) is 0 Å². The first kappa shape index (κ1) is 13.0. The molecule has 2 rings (SSSR count). The molecule has 0 aromatic heterocycles. The molecule has 0 radical (unpaired) electrons. The third kappa shape index (κ3) is 2.70. The SMILES string of the molecule is Cc1ccc(C(=O)OC2CCOC2=O)cc1[N+](=O)[O-]. The molecule has 7 nitrogen and oxygen atoms in total. The minimum atomic E-state index is -0.923. The van der Waals surface area contributed by atoms with Gasteiger partial charge in [0.05, 0.1) is 17.1 Å². The second-order valence-electron chi connectivity index (χ2n) is 4.11. The average Bonchev–Trinajstić information content (AvgIpc) is 2.75. The van der Waals surface area contributed by atoms with E-state index in [2.05, 4.69) is 4.74 Å². The summed E-state index contributed by atoms with van der Waals surface area (Å²) in [5.41, 5.74) is 0.322. The second-order valence-corrected chi connectivity index (χ2v) is 4.11. The van der Waals surface area contributed by atoms with Gasteiger partial charge in [-0.2, -0.15) is 0 Å². The zero-order valence-electron chi connectivity index (χ0n) is 10.1. The van der Waals surface area contributed by atoms with Gasteiger partial charge >= 0.3 is 11.9 Å². The highest BCUT2D eigenvalue weighted by atomic mass is 16.6. The van der Waals surface area contributed by atoms with Gasteiger partial charge in [0.25, 0.3) is 5.69 Å². The van der Waals surface area contributed by atoms with Crippen molar-refractivity contribution in [1.29, 1.82) is 0 Å². The van der Waals surface area contributed by atoms with Crippen LogP contribution in [0.2, 0.25) is 0 Å². The zero-order chi connectivity index (χ0) is 14.0. The van der Waals surface area contributed by atoms with Gasteiger partial charge in [-0.3, -0.25) is 10.1 Å². The summed E-state index contributed by atoms with van der Waals surface area (Å²) in [5.74, 6) is -1.36. The van der Waals surface area contributed by atoms with Crippen molar-refractivity contribution in [2.24, 2.45) is 0 Å². The summed E-state index contributed by atoms with van der Waals surface area (Å²) in [5, 5.41) is 10.8. The normalized spacial score (nSPS) is 17.9. The Morgan fingerprint density at radius 1 is 1.53 bits per heavy atom. The Hall–Kier alpha value is -2.44. The van der Waals surface area contributed by atoms with Gasteiger partial charge in [0.2, 0.25) is 6.10 Å². The van der Waals surface area contributed by atoms with Gasteiger partial charge in [0.15, 0.2) is 0 Å². The van der Waals surface area contributed by atoms with Crippen LogP contribution >= 0.6 is 0 Å². The number of nitrogens with zero attached hydrogens (tertiary/aromatic N) is 1. The molecule has 0 saturated carbocycles. The summed E-state index contributed by atoms with van der Waals surface area (Å²) in [6.07, 6.45) is -0.619. The molecule has 1 aliphatic rings. The third-order valence-corrected chi connectivity index (χ3v) is 2.78. The van der Waals surface area contributed by atoms with Crippen LogP contribution in [0.1, 0.15) is 22.3 Å². The van der Waals surface area contributed by atoms with Crippen LogP contribution in [0, 0.1) is 17.0 Å². The number of hydrogen-bond acceptors (Lipinski definition) is 6. The molecule has 1 aromatic rings. The van der Waals surface area contributed by atoms with Crippen LogP contribution in [0.4, 0.5) is 5.69 Å². The number of benzene rings is 1. The molecule has 1 aromatic carbocycles. The standard InChI is InChI=1S/C12H11NO6/c1-7-2-3-8(6-9(7)13(16)17)11(14)19-10-4-5-18-12(10)15/h2-3,6,10H,4-5H2,1H3. The maximum atomic E-state index is 11.8. The lowest BCUT2D eigenvalue weighted by Gasteiger charge is -2.08. The predicted octanol–water partition coefficient (Wildman–Crippen LogP) is 1.38. The molecule has 0 amide bonds. The van der Waals surface area contributed by atoms with Crippen LogP contribution in [0.3, 0.4) is 0 Å². The van der Waals surface area contributed by atoms with Crippen LogP contribution in [-0.4, -0.2) is 29.6 Å². The van der Waals surface area contributed by atoms with E-state index in [0.717, 1.165) is 6.07 Å². The number of cyclic esters (lactones) is 1. The van der Waals surface area contributed by atoms with Crippen molar-refractivity contribution in [2.45, 2.75) is 19.4 Å². The molecule has 1 unspecified atom stereocenters. The van der Waals surface area contributed by atoms with Crippen LogP contribution in [0.25, 0.3) is 0 Å². The molecule has 1 heterocycles. The van der Waals surface area contributed by atoms with Crippen molar-refractivity contribution in [1.82, 2.24) is 0 Å². The largest absolute Gasteiger partial charge is 0.463 e. The molecule has 0 spiro atoms. The first-order valence-electron chi connectivity index (χ1n) is 5.61. The minimum Gasteiger partial charge on any atom is -0.463 e.